The highest BCUT2D eigenvalue weighted by Gasteiger charge is 2.17. The van der Waals surface area contributed by atoms with Gasteiger partial charge in [0.25, 0.3) is 0 Å². The number of halogens is 1. The van der Waals surface area contributed by atoms with Gasteiger partial charge >= 0.3 is 0 Å². The molecule has 1 amide bonds. The lowest BCUT2D eigenvalue weighted by molar-refractivity contribution is -0.121. The average Bonchev–Trinajstić information content (AvgIpc) is 2.34. The van der Waals surface area contributed by atoms with E-state index in [-0.39, 0.29) is 35.5 Å². The predicted molar refractivity (Wildman–Crippen MR) is 83.7 cm³/mol. The van der Waals surface area contributed by atoms with Gasteiger partial charge in [-0.2, -0.15) is 0 Å². The topological polar surface area (TPSA) is 101 Å². The lowest BCUT2D eigenvalue weighted by Gasteiger charge is -2.11. The molecule has 0 saturated heterocycles. The first-order valence-corrected chi connectivity index (χ1v) is 8.34. The van der Waals surface area contributed by atoms with Crippen LogP contribution in [0.15, 0.2) is 17.0 Å². The maximum atomic E-state index is 12.1. The van der Waals surface area contributed by atoms with Crippen LogP contribution >= 0.6 is 11.6 Å². The van der Waals surface area contributed by atoms with Crippen molar-refractivity contribution >= 4 is 33.2 Å². The van der Waals surface area contributed by atoms with E-state index in [9.17, 15) is 13.2 Å². The smallest absolute Gasteiger partial charge is 0.240 e. The minimum atomic E-state index is -3.71. The first-order valence-electron chi connectivity index (χ1n) is 6.48. The summed E-state index contributed by atoms with van der Waals surface area (Å²) in [5.74, 6) is -0.209. The number of aryl methyl sites for hydroxylation is 1. The van der Waals surface area contributed by atoms with E-state index in [2.05, 4.69) is 10.0 Å². The molecule has 1 aromatic carbocycles. The molecule has 0 fully saturated rings. The highest BCUT2D eigenvalue weighted by atomic mass is 35.5. The summed E-state index contributed by atoms with van der Waals surface area (Å²) < 4.78 is 26.6. The first-order chi connectivity index (χ1) is 9.63. The largest absolute Gasteiger partial charge is 0.397 e. The third kappa shape index (κ3) is 5.18. The Morgan fingerprint density at radius 2 is 2.00 bits per heavy atom. The summed E-state index contributed by atoms with van der Waals surface area (Å²) in [4.78, 5) is 11.5. The van der Waals surface area contributed by atoms with Gasteiger partial charge in [-0.05, 0) is 38.5 Å². The Bertz CT molecular complexity index is 607. The fourth-order valence-electron chi connectivity index (χ4n) is 1.69. The number of nitrogen functional groups attached to an aromatic ring is 1. The van der Waals surface area contributed by atoms with Crippen molar-refractivity contribution in [3.8, 4) is 0 Å². The molecule has 0 radical (unpaired) electrons. The quantitative estimate of drug-likeness (QED) is 0.685. The number of amides is 1. The summed E-state index contributed by atoms with van der Waals surface area (Å²) in [5, 5.41) is 3.02. The number of carbonyl (C=O) groups excluding carboxylic acids is 1. The molecule has 1 aromatic rings. The van der Waals surface area contributed by atoms with Crippen LogP contribution in [0.25, 0.3) is 0 Å². The van der Waals surface area contributed by atoms with Crippen LogP contribution in [0.1, 0.15) is 25.8 Å². The first kappa shape index (κ1) is 17.7. The number of hydrogen-bond donors (Lipinski definition) is 3. The molecule has 1 rings (SSSR count). The number of hydrogen-bond acceptors (Lipinski definition) is 4. The van der Waals surface area contributed by atoms with Crippen LogP contribution in [0.4, 0.5) is 5.69 Å². The molecule has 0 spiro atoms. The van der Waals surface area contributed by atoms with Crippen molar-refractivity contribution in [2.75, 3.05) is 12.3 Å². The molecular weight excluding hydrogens is 314 g/mol. The summed E-state index contributed by atoms with van der Waals surface area (Å²) >= 11 is 5.90. The van der Waals surface area contributed by atoms with Crippen molar-refractivity contribution in [2.24, 2.45) is 0 Å². The van der Waals surface area contributed by atoms with Gasteiger partial charge in [-0.3, -0.25) is 4.79 Å². The van der Waals surface area contributed by atoms with Crippen LogP contribution in [-0.2, 0) is 14.8 Å². The fraction of sp³-hybridized carbons (Fsp3) is 0.462. The Kier molecular flexibility index (Phi) is 6.00. The zero-order valence-corrected chi connectivity index (χ0v) is 13.8. The Morgan fingerprint density at radius 3 is 2.52 bits per heavy atom. The maximum absolute atomic E-state index is 12.1. The van der Waals surface area contributed by atoms with Gasteiger partial charge in [-0.15, -0.1) is 0 Å². The van der Waals surface area contributed by atoms with E-state index in [0.29, 0.717) is 10.6 Å². The summed E-state index contributed by atoms with van der Waals surface area (Å²) in [5.41, 5.74) is 6.44. The number of nitrogens with two attached hydrogens (primary N) is 1. The lowest BCUT2D eigenvalue weighted by Crippen LogP contribution is -2.34. The fourth-order valence-corrected chi connectivity index (χ4v) is 2.95. The van der Waals surface area contributed by atoms with E-state index in [1.54, 1.807) is 6.92 Å². The molecule has 6 nitrogen and oxygen atoms in total. The second-order valence-corrected chi connectivity index (χ2v) is 7.16. The third-order valence-electron chi connectivity index (χ3n) is 2.66. The normalized spacial score (nSPS) is 11.7. The zero-order chi connectivity index (χ0) is 16.2. The Hall–Kier alpha value is -1.31. The van der Waals surface area contributed by atoms with E-state index in [1.807, 2.05) is 13.8 Å². The lowest BCUT2D eigenvalue weighted by atomic mass is 10.2. The molecule has 0 aromatic heterocycles. The van der Waals surface area contributed by atoms with Crippen molar-refractivity contribution in [1.82, 2.24) is 10.0 Å². The van der Waals surface area contributed by atoms with Gasteiger partial charge in [0.05, 0.1) is 15.6 Å². The SMILES string of the molecule is Cc1cc(S(=O)(=O)NCCC(=O)NC(C)C)cc(N)c1Cl. The van der Waals surface area contributed by atoms with Gasteiger partial charge in [0, 0.05) is 19.0 Å². The van der Waals surface area contributed by atoms with Gasteiger partial charge in [0.15, 0.2) is 0 Å². The summed E-state index contributed by atoms with van der Waals surface area (Å²) in [6.45, 7) is 5.36. The molecule has 0 heterocycles. The van der Waals surface area contributed by atoms with Crippen molar-refractivity contribution in [3.63, 3.8) is 0 Å². The van der Waals surface area contributed by atoms with Crippen LogP contribution in [0, 0.1) is 6.92 Å². The number of sulfonamides is 1. The van der Waals surface area contributed by atoms with E-state index >= 15 is 0 Å². The Balaban J connectivity index is 2.72. The molecule has 8 heteroatoms. The van der Waals surface area contributed by atoms with Gasteiger partial charge < -0.3 is 11.1 Å². The van der Waals surface area contributed by atoms with Crippen molar-refractivity contribution in [1.29, 1.82) is 0 Å². The molecule has 0 aliphatic rings. The molecule has 0 aliphatic heterocycles. The summed E-state index contributed by atoms with van der Waals surface area (Å²) in [6.07, 6.45) is 0.0689. The van der Waals surface area contributed by atoms with Crippen molar-refractivity contribution in [3.05, 3.63) is 22.7 Å². The Morgan fingerprint density at radius 1 is 1.38 bits per heavy atom. The van der Waals surface area contributed by atoms with Gasteiger partial charge in [0.1, 0.15) is 0 Å². The number of nitrogens with one attached hydrogen (secondary N) is 2. The minimum absolute atomic E-state index is 0.0163. The van der Waals surface area contributed by atoms with Crippen LogP contribution in [0.3, 0.4) is 0 Å². The summed E-state index contributed by atoms with van der Waals surface area (Å²) in [6, 6.07) is 2.76. The van der Waals surface area contributed by atoms with E-state index in [4.69, 9.17) is 17.3 Å². The summed E-state index contributed by atoms with van der Waals surface area (Å²) in [7, 11) is -3.71. The molecule has 0 aliphatic carbocycles. The molecule has 118 valence electrons. The number of anilines is 1. The van der Waals surface area contributed by atoms with E-state index < -0.39 is 10.0 Å². The molecule has 0 saturated carbocycles. The van der Waals surface area contributed by atoms with Crippen LogP contribution in [-0.4, -0.2) is 26.9 Å². The third-order valence-corrected chi connectivity index (χ3v) is 4.62. The molecule has 21 heavy (non-hydrogen) atoms. The molecule has 0 atom stereocenters. The average molecular weight is 334 g/mol. The van der Waals surface area contributed by atoms with Crippen LogP contribution < -0.4 is 15.8 Å². The van der Waals surface area contributed by atoms with Gasteiger partial charge in [-0.1, -0.05) is 11.6 Å². The van der Waals surface area contributed by atoms with Crippen molar-refractivity contribution in [2.45, 2.75) is 38.1 Å². The van der Waals surface area contributed by atoms with Gasteiger partial charge in [-0.25, -0.2) is 13.1 Å². The molecule has 0 bridgehead atoms. The number of carbonyl (C=O) groups is 1. The maximum Gasteiger partial charge on any atom is 0.240 e. The van der Waals surface area contributed by atoms with E-state index in [1.165, 1.54) is 12.1 Å². The monoisotopic (exact) mass is 333 g/mol. The highest BCUT2D eigenvalue weighted by molar-refractivity contribution is 7.89. The zero-order valence-electron chi connectivity index (χ0n) is 12.2. The second kappa shape index (κ2) is 7.11. The second-order valence-electron chi connectivity index (χ2n) is 5.01. The van der Waals surface area contributed by atoms with Crippen molar-refractivity contribution < 1.29 is 13.2 Å². The molecule has 0 unspecified atom stereocenters. The molecule has 4 N–H and O–H groups in total. The van der Waals surface area contributed by atoms with Gasteiger partial charge in [0.2, 0.25) is 15.9 Å². The number of rotatable bonds is 6. The minimum Gasteiger partial charge on any atom is -0.397 e. The van der Waals surface area contributed by atoms with Crippen LogP contribution in [0.5, 0.6) is 0 Å². The predicted octanol–water partition coefficient (Wildman–Crippen LogP) is 1.42. The van der Waals surface area contributed by atoms with Crippen LogP contribution in [0.2, 0.25) is 5.02 Å². The molecular formula is C13H20ClN3O3S. The Labute approximate surface area is 130 Å². The standard InChI is InChI=1S/C13H20ClN3O3S/c1-8(2)17-12(18)4-5-16-21(19,20)10-6-9(3)13(14)11(15)7-10/h6-8,16H,4-5,15H2,1-3H3,(H,17,18). The van der Waals surface area contributed by atoms with E-state index in [0.717, 1.165) is 0 Å². The highest BCUT2D eigenvalue weighted by Crippen LogP contribution is 2.26. The number of benzene rings is 1.